The Morgan fingerprint density at radius 2 is 1.96 bits per heavy atom. The van der Waals surface area contributed by atoms with Crippen molar-refractivity contribution in [1.29, 1.82) is 0 Å². The van der Waals surface area contributed by atoms with Crippen molar-refractivity contribution < 1.29 is 32.6 Å². The zero-order chi connectivity index (χ0) is 20.8. The van der Waals surface area contributed by atoms with Crippen LogP contribution in [0, 0.1) is 6.92 Å². The number of rotatable bonds is 8. The molecule has 0 aliphatic carbocycles. The van der Waals surface area contributed by atoms with Crippen LogP contribution in [0.15, 0.2) is 12.3 Å². The fourth-order valence-corrected chi connectivity index (χ4v) is 3.32. The Kier molecular flexibility index (Phi) is 7.21. The Bertz CT molecular complexity index is 878. The summed E-state index contributed by atoms with van der Waals surface area (Å²) in [6, 6.07) is 1.11. The first kappa shape index (κ1) is 21.5. The Hall–Kier alpha value is -2.82. The van der Waals surface area contributed by atoms with E-state index in [0.29, 0.717) is 16.7 Å². The van der Waals surface area contributed by atoms with E-state index in [9.17, 15) is 23.2 Å². The lowest BCUT2D eigenvalue weighted by atomic mass is 10.1. The molecule has 0 atom stereocenters. The van der Waals surface area contributed by atoms with Crippen molar-refractivity contribution in [2.24, 2.45) is 0 Å². The standard InChI is InChI=1S/C17H19F2N3O5S/c1-4-8-27-15(24)11-9(3)12(16(25)26-5-2)28-14(11)20-13(23)10-6-7-22(21-10)17(18)19/h6-7,17H,4-5,8H2,1-3H3,(H,20,23). The molecule has 0 aliphatic heterocycles. The number of esters is 2. The summed E-state index contributed by atoms with van der Waals surface area (Å²) in [5.41, 5.74) is 0.0537. The van der Waals surface area contributed by atoms with Gasteiger partial charge in [0.15, 0.2) is 5.69 Å². The van der Waals surface area contributed by atoms with Crippen molar-refractivity contribution in [3.05, 3.63) is 34.0 Å². The van der Waals surface area contributed by atoms with Crippen LogP contribution in [0.25, 0.3) is 0 Å². The molecule has 1 N–H and O–H groups in total. The summed E-state index contributed by atoms with van der Waals surface area (Å²) < 4.78 is 35.7. The number of ether oxygens (including phenoxy) is 2. The highest BCUT2D eigenvalue weighted by molar-refractivity contribution is 7.18. The highest BCUT2D eigenvalue weighted by Crippen LogP contribution is 2.34. The molecule has 152 valence electrons. The van der Waals surface area contributed by atoms with E-state index in [0.717, 1.165) is 23.6 Å². The van der Waals surface area contributed by atoms with Crippen LogP contribution >= 0.6 is 11.3 Å². The van der Waals surface area contributed by atoms with Crippen molar-refractivity contribution in [3.8, 4) is 0 Å². The highest BCUT2D eigenvalue weighted by Gasteiger charge is 2.28. The minimum Gasteiger partial charge on any atom is -0.462 e. The van der Waals surface area contributed by atoms with Crippen LogP contribution < -0.4 is 5.32 Å². The molecule has 2 aromatic heterocycles. The molecular formula is C17H19F2N3O5S. The van der Waals surface area contributed by atoms with Crippen molar-refractivity contribution in [2.75, 3.05) is 18.5 Å². The second-order valence-corrected chi connectivity index (χ2v) is 6.55. The molecular weight excluding hydrogens is 396 g/mol. The Labute approximate surface area is 163 Å². The second kappa shape index (κ2) is 9.40. The normalized spacial score (nSPS) is 10.8. The number of alkyl halides is 2. The molecule has 2 rings (SSSR count). The molecule has 0 fully saturated rings. The minimum absolute atomic E-state index is 0.0168. The third-order valence-electron chi connectivity index (χ3n) is 3.52. The predicted octanol–water partition coefficient (Wildman–Crippen LogP) is 3.64. The van der Waals surface area contributed by atoms with Gasteiger partial charge in [0.2, 0.25) is 0 Å². The maximum Gasteiger partial charge on any atom is 0.348 e. The van der Waals surface area contributed by atoms with Gasteiger partial charge in [-0.3, -0.25) is 4.79 Å². The van der Waals surface area contributed by atoms with E-state index in [1.165, 1.54) is 6.92 Å². The van der Waals surface area contributed by atoms with Crippen molar-refractivity contribution in [2.45, 2.75) is 33.7 Å². The monoisotopic (exact) mass is 415 g/mol. The van der Waals surface area contributed by atoms with Crippen LogP contribution in [0.1, 0.15) is 62.9 Å². The van der Waals surface area contributed by atoms with Crippen molar-refractivity contribution in [3.63, 3.8) is 0 Å². The molecule has 1 amide bonds. The predicted molar refractivity (Wildman–Crippen MR) is 97.0 cm³/mol. The fourth-order valence-electron chi connectivity index (χ4n) is 2.24. The van der Waals surface area contributed by atoms with Gasteiger partial charge in [-0.05, 0) is 31.9 Å². The van der Waals surface area contributed by atoms with Gasteiger partial charge in [0.05, 0.1) is 18.8 Å². The molecule has 0 bridgehead atoms. The quantitative estimate of drug-likeness (QED) is 0.661. The van der Waals surface area contributed by atoms with E-state index in [-0.39, 0.29) is 34.3 Å². The number of carbonyl (C=O) groups is 3. The summed E-state index contributed by atoms with van der Waals surface area (Å²) in [6.45, 7) is 2.40. The first-order valence-corrected chi connectivity index (χ1v) is 9.24. The fraction of sp³-hybridized carbons (Fsp3) is 0.412. The summed E-state index contributed by atoms with van der Waals surface area (Å²) in [6.07, 6.45) is 1.55. The van der Waals surface area contributed by atoms with Crippen molar-refractivity contribution in [1.82, 2.24) is 9.78 Å². The SMILES string of the molecule is CCCOC(=O)c1c(NC(=O)c2ccn(C(F)F)n2)sc(C(=O)OCC)c1C. The lowest BCUT2D eigenvalue weighted by Crippen LogP contribution is -2.16. The van der Waals surface area contributed by atoms with Gasteiger partial charge in [0.25, 0.3) is 5.91 Å². The van der Waals surface area contributed by atoms with E-state index in [1.807, 2.05) is 6.92 Å². The molecule has 8 nitrogen and oxygen atoms in total. The van der Waals surface area contributed by atoms with E-state index in [4.69, 9.17) is 9.47 Å². The number of anilines is 1. The van der Waals surface area contributed by atoms with Gasteiger partial charge in [-0.15, -0.1) is 11.3 Å². The minimum atomic E-state index is -2.89. The lowest BCUT2D eigenvalue weighted by Gasteiger charge is -2.07. The molecule has 0 aliphatic rings. The molecule has 2 heterocycles. The summed E-state index contributed by atoms with van der Waals surface area (Å²) in [5.74, 6) is -2.16. The van der Waals surface area contributed by atoms with Crippen LogP contribution in [0.5, 0.6) is 0 Å². The van der Waals surface area contributed by atoms with E-state index >= 15 is 0 Å². The summed E-state index contributed by atoms with van der Waals surface area (Å²) in [4.78, 5) is 37.0. The Morgan fingerprint density at radius 1 is 1.25 bits per heavy atom. The largest absolute Gasteiger partial charge is 0.462 e. The molecule has 0 radical (unpaired) electrons. The molecule has 0 saturated carbocycles. The summed E-state index contributed by atoms with van der Waals surface area (Å²) in [7, 11) is 0. The van der Waals surface area contributed by atoms with Gasteiger partial charge >= 0.3 is 18.5 Å². The zero-order valence-corrected chi connectivity index (χ0v) is 16.3. The average Bonchev–Trinajstić information content (AvgIpc) is 3.25. The lowest BCUT2D eigenvalue weighted by molar-refractivity contribution is 0.0505. The van der Waals surface area contributed by atoms with Crippen molar-refractivity contribution >= 4 is 34.2 Å². The first-order valence-electron chi connectivity index (χ1n) is 8.42. The Balaban J connectivity index is 2.36. The van der Waals surface area contributed by atoms with E-state index in [1.54, 1.807) is 6.92 Å². The third kappa shape index (κ3) is 4.71. The van der Waals surface area contributed by atoms with Crippen LogP contribution in [0.3, 0.4) is 0 Å². The molecule has 0 unspecified atom stereocenters. The van der Waals surface area contributed by atoms with Crippen LogP contribution in [-0.4, -0.2) is 40.8 Å². The number of halogens is 2. The number of nitrogens with zero attached hydrogens (tertiary/aromatic N) is 2. The number of amides is 1. The van der Waals surface area contributed by atoms with Crippen LogP contribution in [0.2, 0.25) is 0 Å². The smallest absolute Gasteiger partial charge is 0.348 e. The Morgan fingerprint density at radius 3 is 2.54 bits per heavy atom. The van der Waals surface area contributed by atoms with Gasteiger partial charge in [-0.2, -0.15) is 13.9 Å². The average molecular weight is 415 g/mol. The van der Waals surface area contributed by atoms with Gasteiger partial charge in [-0.1, -0.05) is 6.92 Å². The number of hydrogen-bond donors (Lipinski definition) is 1. The molecule has 2 aromatic rings. The number of thiophene rings is 1. The third-order valence-corrected chi connectivity index (χ3v) is 4.70. The molecule has 0 aromatic carbocycles. The number of aromatic nitrogens is 2. The van der Waals surface area contributed by atoms with Gasteiger partial charge < -0.3 is 14.8 Å². The first-order chi connectivity index (χ1) is 13.3. The summed E-state index contributed by atoms with van der Waals surface area (Å²) in [5, 5.41) is 5.97. The summed E-state index contributed by atoms with van der Waals surface area (Å²) >= 11 is 0.842. The molecule has 0 saturated heterocycles. The molecule has 0 spiro atoms. The number of carbonyl (C=O) groups excluding carboxylic acids is 3. The molecule has 28 heavy (non-hydrogen) atoms. The van der Waals surface area contributed by atoms with Gasteiger partial charge in [0, 0.05) is 6.20 Å². The number of hydrogen-bond acceptors (Lipinski definition) is 7. The van der Waals surface area contributed by atoms with Gasteiger partial charge in [-0.25, -0.2) is 14.3 Å². The zero-order valence-electron chi connectivity index (χ0n) is 15.5. The molecule has 11 heteroatoms. The maximum atomic E-state index is 12.6. The van der Waals surface area contributed by atoms with Gasteiger partial charge in [0.1, 0.15) is 9.88 Å². The van der Waals surface area contributed by atoms with E-state index in [2.05, 4.69) is 10.4 Å². The maximum absolute atomic E-state index is 12.6. The topological polar surface area (TPSA) is 99.5 Å². The number of nitrogens with one attached hydrogen (secondary N) is 1. The highest BCUT2D eigenvalue weighted by atomic mass is 32.1. The van der Waals surface area contributed by atoms with Crippen LogP contribution in [0.4, 0.5) is 13.8 Å². The van der Waals surface area contributed by atoms with E-state index < -0.39 is 24.4 Å². The van der Waals surface area contributed by atoms with Crippen LogP contribution in [-0.2, 0) is 9.47 Å². The second-order valence-electron chi connectivity index (χ2n) is 5.53.